The second kappa shape index (κ2) is 7.45. The first-order valence-corrected chi connectivity index (χ1v) is 6.50. The Morgan fingerprint density at radius 2 is 2.00 bits per heavy atom. The molecule has 0 aromatic carbocycles. The van der Waals surface area contributed by atoms with E-state index in [4.69, 9.17) is 11.6 Å². The van der Waals surface area contributed by atoms with E-state index >= 15 is 0 Å². The van der Waals surface area contributed by atoms with Gasteiger partial charge in [-0.1, -0.05) is 25.4 Å². The molecule has 0 amide bonds. The van der Waals surface area contributed by atoms with Crippen LogP contribution in [0.4, 0.5) is 5.82 Å². The summed E-state index contributed by atoms with van der Waals surface area (Å²) in [6.45, 7) is 10.5. The average molecular weight is 257 g/mol. The lowest BCUT2D eigenvalue weighted by molar-refractivity contribution is 0.303. The minimum atomic E-state index is 0.520. The quantitative estimate of drug-likeness (QED) is 0.601. The molecule has 0 bridgehead atoms. The van der Waals surface area contributed by atoms with E-state index in [-0.39, 0.29) is 0 Å². The second-order valence-corrected chi connectivity index (χ2v) is 4.30. The maximum absolute atomic E-state index is 5.92. The Bertz CT molecular complexity index is 339. The molecular weight excluding hydrogens is 236 g/mol. The van der Waals surface area contributed by atoms with E-state index in [0.29, 0.717) is 5.15 Å². The molecule has 0 unspecified atom stereocenters. The van der Waals surface area contributed by atoms with Crippen molar-refractivity contribution in [3.8, 4) is 0 Å². The fraction of sp³-hybridized carbons (Fsp3) is 0.667. The zero-order chi connectivity index (χ0) is 12.7. The Hall–Kier alpha value is -0.870. The molecule has 1 aromatic rings. The lowest BCUT2D eigenvalue weighted by atomic mass is 10.3. The highest BCUT2D eigenvalue weighted by atomic mass is 35.5. The highest BCUT2D eigenvalue weighted by molar-refractivity contribution is 6.30. The first-order chi connectivity index (χ1) is 8.19. The Morgan fingerprint density at radius 1 is 1.29 bits per heavy atom. The van der Waals surface area contributed by atoms with Gasteiger partial charge in [0.25, 0.3) is 0 Å². The Balaban J connectivity index is 2.33. The zero-order valence-corrected chi connectivity index (χ0v) is 11.6. The molecule has 1 heterocycles. The summed E-state index contributed by atoms with van der Waals surface area (Å²) in [7, 11) is 0. The van der Waals surface area contributed by atoms with Crippen molar-refractivity contribution in [2.75, 3.05) is 31.5 Å². The molecule has 0 saturated heterocycles. The number of aromatic nitrogens is 2. The molecule has 17 heavy (non-hydrogen) atoms. The Morgan fingerprint density at radius 3 is 2.65 bits per heavy atom. The van der Waals surface area contributed by atoms with Crippen LogP contribution in [0.3, 0.4) is 0 Å². The van der Waals surface area contributed by atoms with E-state index in [9.17, 15) is 0 Å². The van der Waals surface area contributed by atoms with Crippen LogP contribution < -0.4 is 5.32 Å². The van der Waals surface area contributed by atoms with Crippen LogP contribution in [0.1, 0.15) is 25.8 Å². The van der Waals surface area contributed by atoms with Crippen molar-refractivity contribution >= 4 is 17.4 Å². The fourth-order valence-electron chi connectivity index (χ4n) is 1.66. The first-order valence-electron chi connectivity index (χ1n) is 6.12. The van der Waals surface area contributed by atoms with E-state index in [1.807, 2.05) is 6.92 Å². The van der Waals surface area contributed by atoms with Crippen LogP contribution in [0.15, 0.2) is 6.33 Å². The van der Waals surface area contributed by atoms with Gasteiger partial charge in [-0.25, -0.2) is 9.97 Å². The van der Waals surface area contributed by atoms with Gasteiger partial charge in [0.1, 0.15) is 17.3 Å². The smallest absolute Gasteiger partial charge is 0.137 e. The third kappa shape index (κ3) is 4.48. The predicted octanol–water partition coefficient (Wildman–Crippen LogP) is 2.58. The van der Waals surface area contributed by atoms with E-state index < -0.39 is 0 Å². The molecule has 0 radical (unpaired) electrons. The second-order valence-electron chi connectivity index (χ2n) is 3.95. The molecule has 0 aliphatic rings. The van der Waals surface area contributed by atoms with Crippen molar-refractivity contribution in [1.82, 2.24) is 14.9 Å². The standard InChI is InChI=1S/C12H21ClN4/c1-4-17(5-2)8-6-7-14-12-10(3)11(13)15-9-16-12/h9H,4-8H2,1-3H3,(H,14,15,16). The van der Waals surface area contributed by atoms with Crippen LogP contribution >= 0.6 is 11.6 Å². The minimum absolute atomic E-state index is 0.520. The number of hydrogen-bond donors (Lipinski definition) is 1. The van der Waals surface area contributed by atoms with Gasteiger partial charge in [-0.15, -0.1) is 0 Å². The number of rotatable bonds is 7. The van der Waals surface area contributed by atoms with Gasteiger partial charge in [-0.3, -0.25) is 0 Å². The molecule has 0 spiro atoms. The first kappa shape index (κ1) is 14.2. The van der Waals surface area contributed by atoms with E-state index in [2.05, 4.69) is 34.0 Å². The SMILES string of the molecule is CCN(CC)CCCNc1ncnc(Cl)c1C. The van der Waals surface area contributed by atoms with E-state index in [0.717, 1.165) is 44.0 Å². The van der Waals surface area contributed by atoms with Crippen molar-refractivity contribution in [3.05, 3.63) is 17.0 Å². The molecule has 0 aliphatic heterocycles. The van der Waals surface area contributed by atoms with Gasteiger partial charge in [-0.05, 0) is 33.0 Å². The largest absolute Gasteiger partial charge is 0.370 e. The van der Waals surface area contributed by atoms with Crippen molar-refractivity contribution < 1.29 is 0 Å². The van der Waals surface area contributed by atoms with Gasteiger partial charge in [0.05, 0.1) is 0 Å². The number of hydrogen-bond acceptors (Lipinski definition) is 4. The molecule has 0 aliphatic carbocycles. The summed E-state index contributed by atoms with van der Waals surface area (Å²) < 4.78 is 0. The minimum Gasteiger partial charge on any atom is -0.370 e. The van der Waals surface area contributed by atoms with Gasteiger partial charge in [0.2, 0.25) is 0 Å². The van der Waals surface area contributed by atoms with Crippen LogP contribution in [0, 0.1) is 6.92 Å². The van der Waals surface area contributed by atoms with Gasteiger partial charge in [0.15, 0.2) is 0 Å². The number of nitrogens with zero attached hydrogens (tertiary/aromatic N) is 3. The van der Waals surface area contributed by atoms with Gasteiger partial charge in [0, 0.05) is 12.1 Å². The van der Waals surface area contributed by atoms with Crippen molar-refractivity contribution in [2.45, 2.75) is 27.2 Å². The zero-order valence-electron chi connectivity index (χ0n) is 10.8. The monoisotopic (exact) mass is 256 g/mol. The normalized spacial score (nSPS) is 10.9. The molecule has 5 heteroatoms. The fourth-order valence-corrected chi connectivity index (χ4v) is 1.79. The summed E-state index contributed by atoms with van der Waals surface area (Å²) >= 11 is 5.92. The topological polar surface area (TPSA) is 41.0 Å². The molecular formula is C12H21ClN4. The molecule has 0 saturated carbocycles. The summed E-state index contributed by atoms with van der Waals surface area (Å²) in [4.78, 5) is 10.5. The summed E-state index contributed by atoms with van der Waals surface area (Å²) in [5.41, 5.74) is 0.914. The molecule has 1 N–H and O–H groups in total. The van der Waals surface area contributed by atoms with E-state index in [1.165, 1.54) is 6.33 Å². The number of halogens is 1. The highest BCUT2D eigenvalue weighted by Gasteiger charge is 2.04. The lowest BCUT2D eigenvalue weighted by Gasteiger charge is -2.18. The van der Waals surface area contributed by atoms with Crippen LogP contribution in [0.25, 0.3) is 0 Å². The van der Waals surface area contributed by atoms with Crippen LogP contribution in [0.2, 0.25) is 5.15 Å². The number of anilines is 1. The van der Waals surface area contributed by atoms with Gasteiger partial charge >= 0.3 is 0 Å². The average Bonchev–Trinajstić information content (AvgIpc) is 2.34. The lowest BCUT2D eigenvalue weighted by Crippen LogP contribution is -2.25. The number of nitrogens with one attached hydrogen (secondary N) is 1. The third-order valence-corrected chi connectivity index (χ3v) is 3.24. The van der Waals surface area contributed by atoms with Crippen molar-refractivity contribution in [1.29, 1.82) is 0 Å². The molecule has 1 rings (SSSR count). The van der Waals surface area contributed by atoms with Crippen LogP contribution in [-0.4, -0.2) is 41.0 Å². The van der Waals surface area contributed by atoms with Crippen LogP contribution in [-0.2, 0) is 0 Å². The molecule has 96 valence electrons. The molecule has 0 fully saturated rings. The predicted molar refractivity (Wildman–Crippen MR) is 72.7 cm³/mol. The van der Waals surface area contributed by atoms with Crippen molar-refractivity contribution in [2.24, 2.45) is 0 Å². The molecule has 1 aromatic heterocycles. The Kier molecular flexibility index (Phi) is 6.22. The van der Waals surface area contributed by atoms with E-state index in [1.54, 1.807) is 0 Å². The van der Waals surface area contributed by atoms with Gasteiger partial charge < -0.3 is 10.2 Å². The maximum atomic E-state index is 5.92. The summed E-state index contributed by atoms with van der Waals surface area (Å²) in [6, 6.07) is 0. The Labute approximate surface area is 108 Å². The maximum Gasteiger partial charge on any atom is 0.137 e. The highest BCUT2D eigenvalue weighted by Crippen LogP contribution is 2.17. The summed E-state index contributed by atoms with van der Waals surface area (Å²) in [5.74, 6) is 0.838. The third-order valence-electron chi connectivity index (χ3n) is 2.86. The summed E-state index contributed by atoms with van der Waals surface area (Å²) in [5, 5.41) is 3.81. The van der Waals surface area contributed by atoms with Crippen LogP contribution in [0.5, 0.6) is 0 Å². The summed E-state index contributed by atoms with van der Waals surface area (Å²) in [6.07, 6.45) is 2.59. The molecule has 0 atom stereocenters. The molecule has 4 nitrogen and oxygen atoms in total. The van der Waals surface area contributed by atoms with Gasteiger partial charge in [-0.2, -0.15) is 0 Å². The van der Waals surface area contributed by atoms with Crippen molar-refractivity contribution in [3.63, 3.8) is 0 Å².